The van der Waals surface area contributed by atoms with Gasteiger partial charge in [0.2, 0.25) is 5.91 Å². The average molecular weight is 342 g/mol. The lowest BCUT2D eigenvalue weighted by Gasteiger charge is -2.34. The van der Waals surface area contributed by atoms with Crippen LogP contribution in [0.25, 0.3) is 11.2 Å². The predicted molar refractivity (Wildman–Crippen MR) is 80.3 cm³/mol. The van der Waals surface area contributed by atoms with Gasteiger partial charge in [-0.3, -0.25) is 4.79 Å². The molecule has 0 spiro atoms. The molecule has 1 atom stereocenters. The summed E-state index contributed by atoms with van der Waals surface area (Å²) >= 11 is 0. The molecule has 1 aliphatic heterocycles. The molecular weight excluding hydrogens is 325 g/mol. The number of anilines is 1. The van der Waals surface area contributed by atoms with E-state index in [-0.39, 0.29) is 25.4 Å². The van der Waals surface area contributed by atoms with Crippen LogP contribution in [-0.2, 0) is 4.79 Å². The molecule has 0 radical (unpaired) electrons. The van der Waals surface area contributed by atoms with Crippen LogP contribution in [0.15, 0.2) is 12.7 Å². The highest BCUT2D eigenvalue weighted by molar-refractivity contribution is 5.87. The lowest BCUT2D eigenvalue weighted by molar-refractivity contribution is -0.187. The van der Waals surface area contributed by atoms with Crippen LogP contribution >= 0.6 is 0 Å². The number of imidazole rings is 1. The van der Waals surface area contributed by atoms with Crippen LogP contribution in [0.2, 0.25) is 0 Å². The van der Waals surface area contributed by atoms with Crippen molar-refractivity contribution in [1.82, 2.24) is 24.8 Å². The number of hydrogen-bond donors (Lipinski definition) is 1. The van der Waals surface area contributed by atoms with Gasteiger partial charge in [0.15, 0.2) is 11.5 Å². The monoisotopic (exact) mass is 342 g/mol. The summed E-state index contributed by atoms with van der Waals surface area (Å²) in [7, 11) is 1.66. The smallest absolute Gasteiger partial charge is 0.348 e. The van der Waals surface area contributed by atoms with Gasteiger partial charge in [-0.15, -0.1) is 0 Å². The Morgan fingerprint density at radius 1 is 1.42 bits per heavy atom. The standard InChI is InChI=1S/C14H17F3N6O/c1-22(13-11-12(19-7-18-11)20-8-21-13)6-10(24)23-4-2-3-9(5-23)14(15,16)17/h7-9H,2-6H2,1H3,(H,18,19,20,21)/t9-/m1/s1. The van der Waals surface area contributed by atoms with Gasteiger partial charge in [0.05, 0.1) is 18.8 Å². The fraction of sp³-hybridized carbons (Fsp3) is 0.571. The minimum atomic E-state index is -4.26. The SMILES string of the molecule is CN(CC(=O)N1CCC[C@@H](C(F)(F)F)C1)c1ncnc2nc[nH]c12. The van der Waals surface area contributed by atoms with Crippen LogP contribution < -0.4 is 4.90 Å². The number of alkyl halides is 3. The molecule has 130 valence electrons. The minimum Gasteiger partial charge on any atom is -0.348 e. The number of nitrogens with one attached hydrogen (secondary N) is 1. The van der Waals surface area contributed by atoms with E-state index in [1.165, 1.54) is 17.6 Å². The Hall–Kier alpha value is -2.39. The number of carbonyl (C=O) groups excluding carboxylic acids is 1. The highest BCUT2D eigenvalue weighted by atomic mass is 19.4. The first kappa shape index (κ1) is 16.5. The van der Waals surface area contributed by atoms with Crippen molar-refractivity contribution >= 4 is 22.9 Å². The maximum Gasteiger partial charge on any atom is 0.393 e. The second kappa shape index (κ2) is 6.25. The van der Waals surface area contributed by atoms with Crippen LogP contribution in [0, 0.1) is 5.92 Å². The number of piperidine rings is 1. The first-order chi connectivity index (χ1) is 11.4. The molecule has 1 saturated heterocycles. The maximum absolute atomic E-state index is 12.9. The Bertz CT molecular complexity index is 731. The second-order valence-corrected chi connectivity index (χ2v) is 5.87. The first-order valence-corrected chi connectivity index (χ1v) is 7.56. The second-order valence-electron chi connectivity index (χ2n) is 5.87. The molecule has 0 saturated carbocycles. The van der Waals surface area contributed by atoms with E-state index in [0.29, 0.717) is 29.9 Å². The zero-order valence-corrected chi connectivity index (χ0v) is 13.0. The molecule has 0 aliphatic carbocycles. The van der Waals surface area contributed by atoms with E-state index < -0.39 is 12.1 Å². The summed E-state index contributed by atoms with van der Waals surface area (Å²) in [6.45, 7) is 0.0115. The summed E-state index contributed by atoms with van der Waals surface area (Å²) in [5.74, 6) is -1.31. The number of hydrogen-bond acceptors (Lipinski definition) is 5. The number of nitrogens with zero attached hydrogens (tertiary/aromatic N) is 5. The summed E-state index contributed by atoms with van der Waals surface area (Å²) in [5.41, 5.74) is 1.05. The lowest BCUT2D eigenvalue weighted by Crippen LogP contribution is -2.47. The lowest BCUT2D eigenvalue weighted by atomic mass is 9.97. The van der Waals surface area contributed by atoms with Crippen molar-refractivity contribution in [3.8, 4) is 0 Å². The fourth-order valence-electron chi connectivity index (χ4n) is 2.89. The van der Waals surface area contributed by atoms with Crippen LogP contribution in [0.1, 0.15) is 12.8 Å². The highest BCUT2D eigenvalue weighted by Crippen LogP contribution is 2.33. The number of carbonyl (C=O) groups is 1. The first-order valence-electron chi connectivity index (χ1n) is 7.56. The fourth-order valence-corrected chi connectivity index (χ4v) is 2.89. The van der Waals surface area contributed by atoms with Crippen molar-refractivity contribution in [3.05, 3.63) is 12.7 Å². The van der Waals surface area contributed by atoms with Crippen molar-refractivity contribution in [3.63, 3.8) is 0 Å². The summed E-state index contributed by atoms with van der Waals surface area (Å²) in [6.07, 6.45) is -1.03. The quantitative estimate of drug-likeness (QED) is 0.916. The summed E-state index contributed by atoms with van der Waals surface area (Å²) in [4.78, 5) is 30.3. The van der Waals surface area contributed by atoms with Crippen molar-refractivity contribution in [2.24, 2.45) is 5.92 Å². The zero-order chi connectivity index (χ0) is 17.3. The van der Waals surface area contributed by atoms with Crippen molar-refractivity contribution in [2.45, 2.75) is 19.0 Å². The number of amides is 1. The number of fused-ring (bicyclic) bond motifs is 1. The van der Waals surface area contributed by atoms with E-state index in [1.54, 1.807) is 11.9 Å². The van der Waals surface area contributed by atoms with Gasteiger partial charge in [-0.2, -0.15) is 13.2 Å². The van der Waals surface area contributed by atoms with Crippen molar-refractivity contribution in [2.75, 3.05) is 31.6 Å². The van der Waals surface area contributed by atoms with Crippen LogP contribution in [-0.4, -0.2) is 63.6 Å². The normalized spacial score (nSPS) is 18.8. The Labute approximate surface area is 135 Å². The van der Waals surface area contributed by atoms with Gasteiger partial charge in [0.25, 0.3) is 0 Å². The molecule has 24 heavy (non-hydrogen) atoms. The highest BCUT2D eigenvalue weighted by Gasteiger charge is 2.42. The van der Waals surface area contributed by atoms with Crippen molar-refractivity contribution in [1.29, 1.82) is 0 Å². The Balaban J connectivity index is 1.69. The Morgan fingerprint density at radius 3 is 2.96 bits per heavy atom. The molecule has 3 heterocycles. The van der Waals surface area contributed by atoms with Gasteiger partial charge in [-0.25, -0.2) is 15.0 Å². The molecule has 1 amide bonds. The van der Waals surface area contributed by atoms with Gasteiger partial charge in [0, 0.05) is 20.1 Å². The zero-order valence-electron chi connectivity index (χ0n) is 13.0. The number of rotatable bonds is 3. The van der Waals surface area contributed by atoms with E-state index in [0.717, 1.165) is 0 Å². The van der Waals surface area contributed by atoms with Gasteiger partial charge in [-0.05, 0) is 12.8 Å². The van der Waals surface area contributed by atoms with Gasteiger partial charge in [0.1, 0.15) is 11.8 Å². The van der Waals surface area contributed by atoms with Gasteiger partial charge >= 0.3 is 6.18 Å². The molecule has 10 heteroatoms. The minimum absolute atomic E-state index is 0.0598. The number of aromatic nitrogens is 4. The molecule has 0 aromatic carbocycles. The molecule has 2 aromatic rings. The van der Waals surface area contributed by atoms with Gasteiger partial charge < -0.3 is 14.8 Å². The predicted octanol–water partition coefficient (Wildman–Crippen LogP) is 1.59. The summed E-state index contributed by atoms with van der Waals surface area (Å²) in [5, 5.41) is 0. The number of aromatic amines is 1. The van der Waals surface area contributed by atoms with E-state index in [2.05, 4.69) is 19.9 Å². The van der Waals surface area contributed by atoms with Crippen LogP contribution in [0.3, 0.4) is 0 Å². The molecule has 7 nitrogen and oxygen atoms in total. The number of likely N-dealkylation sites (tertiary alicyclic amines) is 1. The molecule has 0 bridgehead atoms. The molecule has 2 aromatic heterocycles. The molecular formula is C14H17F3N6O. The molecule has 1 aliphatic rings. The third kappa shape index (κ3) is 3.26. The molecule has 0 unspecified atom stereocenters. The summed E-state index contributed by atoms with van der Waals surface area (Å²) in [6, 6.07) is 0. The Kier molecular flexibility index (Phi) is 4.29. The van der Waals surface area contributed by atoms with Crippen molar-refractivity contribution < 1.29 is 18.0 Å². The number of likely N-dealkylation sites (N-methyl/N-ethyl adjacent to an activating group) is 1. The van der Waals surface area contributed by atoms with E-state index in [4.69, 9.17) is 0 Å². The third-order valence-electron chi connectivity index (χ3n) is 4.17. The average Bonchev–Trinajstić information content (AvgIpc) is 3.02. The van der Waals surface area contributed by atoms with E-state index in [9.17, 15) is 18.0 Å². The van der Waals surface area contributed by atoms with E-state index >= 15 is 0 Å². The van der Waals surface area contributed by atoms with Crippen LogP contribution in [0.5, 0.6) is 0 Å². The third-order valence-corrected chi connectivity index (χ3v) is 4.17. The van der Waals surface area contributed by atoms with Crippen LogP contribution in [0.4, 0.5) is 19.0 Å². The largest absolute Gasteiger partial charge is 0.393 e. The number of H-pyrrole nitrogens is 1. The maximum atomic E-state index is 12.9. The molecule has 1 fully saturated rings. The summed E-state index contributed by atoms with van der Waals surface area (Å²) < 4.78 is 38.6. The molecule has 3 rings (SSSR count). The number of halogens is 3. The molecule has 1 N–H and O–H groups in total. The van der Waals surface area contributed by atoms with Gasteiger partial charge in [-0.1, -0.05) is 0 Å². The van der Waals surface area contributed by atoms with E-state index in [1.807, 2.05) is 0 Å². The topological polar surface area (TPSA) is 78.0 Å². The Morgan fingerprint density at radius 2 is 2.21 bits per heavy atom.